The zero-order valence-corrected chi connectivity index (χ0v) is 27.5. The number of carbonyl (C=O) groups is 2. The summed E-state index contributed by atoms with van der Waals surface area (Å²) < 4.78 is 5.85. The highest BCUT2D eigenvalue weighted by Crippen LogP contribution is 2.47. The van der Waals surface area contributed by atoms with Crippen molar-refractivity contribution in [3.63, 3.8) is 0 Å². The lowest BCUT2D eigenvalue weighted by Crippen LogP contribution is -2.51. The lowest BCUT2D eigenvalue weighted by molar-refractivity contribution is -0.129. The molecule has 49 heavy (non-hydrogen) atoms. The first-order chi connectivity index (χ1) is 24.1. The van der Waals surface area contributed by atoms with Gasteiger partial charge in [0, 0.05) is 0 Å². The number of amides is 2. The van der Waals surface area contributed by atoms with Crippen LogP contribution in [0.2, 0.25) is 0 Å². The van der Waals surface area contributed by atoms with E-state index in [1.807, 2.05) is 133 Å². The third-order valence-corrected chi connectivity index (χ3v) is 9.71. The number of carbonyl (C=O) groups excluding carboxylic acids is 2. The van der Waals surface area contributed by atoms with Gasteiger partial charge in [0.05, 0.1) is 11.5 Å². The maximum absolute atomic E-state index is 14.4. The summed E-state index contributed by atoms with van der Waals surface area (Å²) in [5.74, 6) is 0.471. The van der Waals surface area contributed by atoms with Crippen LogP contribution in [0.5, 0.6) is 5.75 Å². The van der Waals surface area contributed by atoms with Crippen molar-refractivity contribution in [1.82, 2.24) is 4.90 Å². The van der Waals surface area contributed by atoms with Gasteiger partial charge in [0.2, 0.25) is 5.91 Å². The zero-order valence-electron chi connectivity index (χ0n) is 26.7. The molecule has 7 rings (SSSR count). The molecule has 6 aromatic carbocycles. The summed E-state index contributed by atoms with van der Waals surface area (Å²) in [6, 6.07) is 51.4. The molecule has 0 saturated carbocycles. The number of ether oxygens (including phenoxy) is 1. The van der Waals surface area contributed by atoms with E-state index in [2.05, 4.69) is 29.4 Å². The van der Waals surface area contributed by atoms with Gasteiger partial charge in [-0.1, -0.05) is 156 Å². The van der Waals surface area contributed by atoms with E-state index in [0.717, 1.165) is 45.0 Å². The van der Waals surface area contributed by atoms with Crippen molar-refractivity contribution < 1.29 is 19.2 Å². The van der Waals surface area contributed by atoms with Gasteiger partial charge in [-0.05, 0) is 63.2 Å². The molecular weight excluding hydrogens is 629 g/mol. The molecule has 1 heterocycles. The number of nitrogens with zero attached hydrogens (tertiary/aromatic N) is 2. The Kier molecular flexibility index (Phi) is 9.53. The molecule has 1 fully saturated rings. The van der Waals surface area contributed by atoms with Crippen LogP contribution in [0.4, 0.5) is 4.79 Å². The molecule has 1 aliphatic rings. The Morgan fingerprint density at radius 1 is 0.653 bits per heavy atom. The fourth-order valence-corrected chi connectivity index (χ4v) is 7.44. The summed E-state index contributed by atoms with van der Waals surface area (Å²) in [7, 11) is 0. The van der Waals surface area contributed by atoms with E-state index in [1.165, 1.54) is 10.3 Å². The topological polar surface area (TPSA) is 68.2 Å². The molecular formula is C42H34N2O4S. The second-order valence-corrected chi connectivity index (χ2v) is 12.9. The van der Waals surface area contributed by atoms with Crippen molar-refractivity contribution in [3.8, 4) is 5.75 Å². The summed E-state index contributed by atoms with van der Waals surface area (Å²) in [6.07, 6.45) is 2.10. The summed E-state index contributed by atoms with van der Waals surface area (Å²) >= 11 is 1.09. The maximum atomic E-state index is 14.4. The van der Waals surface area contributed by atoms with Gasteiger partial charge in [0.15, 0.2) is 6.61 Å². The van der Waals surface area contributed by atoms with E-state index < -0.39 is 10.8 Å². The predicted octanol–water partition coefficient (Wildman–Crippen LogP) is 8.87. The number of hydrogen-bond acceptors (Lipinski definition) is 6. The highest BCUT2D eigenvalue weighted by atomic mass is 32.2. The van der Waals surface area contributed by atoms with E-state index in [-0.39, 0.29) is 11.1 Å². The molecule has 1 aliphatic heterocycles. The molecule has 0 bridgehead atoms. The summed E-state index contributed by atoms with van der Waals surface area (Å²) in [5.41, 5.74) is 3.32. The fraction of sp³-hybridized carbons (Fsp3) is 0.119. The SMILES string of the molecule is O=C1SC(Cc2ccc(OCCON=Cc3ccc4ccccc4c3)cc2)C(=O)N1C(c1ccccc1)(c1ccccc1)c1ccccc1. The quantitative estimate of drug-likeness (QED) is 0.0567. The normalized spacial score (nSPS) is 14.9. The van der Waals surface area contributed by atoms with Crippen LogP contribution in [0.25, 0.3) is 10.8 Å². The van der Waals surface area contributed by atoms with Gasteiger partial charge in [0.1, 0.15) is 17.9 Å². The van der Waals surface area contributed by atoms with Gasteiger partial charge >= 0.3 is 0 Å². The number of benzene rings is 6. The van der Waals surface area contributed by atoms with Gasteiger partial charge in [-0.15, -0.1) is 0 Å². The molecule has 1 unspecified atom stereocenters. The average molecular weight is 663 g/mol. The Hall–Kier alpha value is -5.66. The first kappa shape index (κ1) is 31.9. The van der Waals surface area contributed by atoms with Crippen LogP contribution in [0.1, 0.15) is 27.8 Å². The van der Waals surface area contributed by atoms with Crippen LogP contribution in [0.15, 0.2) is 163 Å². The van der Waals surface area contributed by atoms with Crippen LogP contribution in [-0.2, 0) is 21.6 Å². The Labute approximate surface area is 290 Å². The van der Waals surface area contributed by atoms with Crippen LogP contribution in [-0.4, -0.2) is 40.7 Å². The minimum Gasteiger partial charge on any atom is -0.490 e. The molecule has 1 atom stereocenters. The average Bonchev–Trinajstić information content (AvgIpc) is 3.43. The summed E-state index contributed by atoms with van der Waals surface area (Å²) in [4.78, 5) is 35.2. The van der Waals surface area contributed by atoms with Gasteiger partial charge in [-0.3, -0.25) is 14.5 Å². The predicted molar refractivity (Wildman–Crippen MR) is 196 cm³/mol. The molecule has 242 valence electrons. The van der Waals surface area contributed by atoms with Crippen molar-refractivity contribution in [2.45, 2.75) is 17.2 Å². The lowest BCUT2D eigenvalue weighted by Gasteiger charge is -2.42. The molecule has 0 aliphatic carbocycles. The molecule has 0 spiro atoms. The standard InChI is InChI=1S/C42H34N2O4S/c45-40-39(29-31-21-24-38(25-22-31)47-26-27-48-43-30-32-20-23-33-12-10-11-13-34(33)28-32)49-41(46)44(40)42(35-14-4-1-5-15-35,36-16-6-2-7-17-36)37-18-8-3-9-19-37/h1-25,28,30,39H,26-27,29H2. The molecule has 6 aromatic rings. The van der Waals surface area contributed by atoms with Crippen LogP contribution < -0.4 is 4.74 Å². The number of oxime groups is 1. The minimum atomic E-state index is -1.13. The summed E-state index contributed by atoms with van der Waals surface area (Å²) in [5, 5.41) is 5.57. The molecule has 1 saturated heterocycles. The van der Waals surface area contributed by atoms with Gasteiger partial charge in [-0.25, -0.2) is 0 Å². The largest absolute Gasteiger partial charge is 0.490 e. The van der Waals surface area contributed by atoms with Crippen molar-refractivity contribution in [1.29, 1.82) is 0 Å². The van der Waals surface area contributed by atoms with Crippen molar-refractivity contribution in [2.75, 3.05) is 13.2 Å². The number of thioether (sulfide) groups is 1. The molecule has 6 nitrogen and oxygen atoms in total. The maximum Gasteiger partial charge on any atom is 0.290 e. The number of imide groups is 1. The molecule has 7 heteroatoms. The molecule has 0 radical (unpaired) electrons. The van der Waals surface area contributed by atoms with Crippen molar-refractivity contribution in [3.05, 3.63) is 186 Å². The number of hydrogen-bond donors (Lipinski definition) is 0. The van der Waals surface area contributed by atoms with Gasteiger partial charge in [0.25, 0.3) is 5.24 Å². The molecule has 2 amide bonds. The number of fused-ring (bicyclic) bond motifs is 1. The molecule has 0 N–H and O–H groups in total. The second-order valence-electron chi connectivity index (χ2n) is 11.7. The third kappa shape index (κ3) is 6.71. The minimum absolute atomic E-state index is 0.215. The van der Waals surface area contributed by atoms with Crippen molar-refractivity contribution in [2.24, 2.45) is 5.16 Å². The lowest BCUT2D eigenvalue weighted by atomic mass is 9.75. The van der Waals surface area contributed by atoms with Crippen LogP contribution in [0.3, 0.4) is 0 Å². The monoisotopic (exact) mass is 662 g/mol. The van der Waals surface area contributed by atoms with E-state index >= 15 is 0 Å². The van der Waals surface area contributed by atoms with E-state index in [1.54, 1.807) is 6.21 Å². The highest BCUT2D eigenvalue weighted by molar-refractivity contribution is 8.15. The Morgan fingerprint density at radius 2 is 1.22 bits per heavy atom. The molecule has 0 aromatic heterocycles. The zero-order chi connectivity index (χ0) is 33.5. The van der Waals surface area contributed by atoms with Crippen LogP contribution in [0, 0.1) is 0 Å². The Bertz CT molecular complexity index is 1970. The van der Waals surface area contributed by atoms with Gasteiger partial charge in [-0.2, -0.15) is 0 Å². The number of rotatable bonds is 12. The van der Waals surface area contributed by atoms with Crippen LogP contribution >= 0.6 is 11.8 Å². The smallest absolute Gasteiger partial charge is 0.290 e. The van der Waals surface area contributed by atoms with E-state index in [0.29, 0.717) is 25.4 Å². The highest BCUT2D eigenvalue weighted by Gasteiger charge is 2.53. The fourth-order valence-electron chi connectivity index (χ4n) is 6.39. The van der Waals surface area contributed by atoms with E-state index in [9.17, 15) is 9.59 Å². The third-order valence-electron chi connectivity index (χ3n) is 8.67. The Balaban J connectivity index is 1.02. The first-order valence-electron chi connectivity index (χ1n) is 16.2. The van der Waals surface area contributed by atoms with E-state index in [4.69, 9.17) is 9.57 Å². The Morgan fingerprint density at radius 3 is 1.84 bits per heavy atom. The summed E-state index contributed by atoms with van der Waals surface area (Å²) in [6.45, 7) is 0.623. The van der Waals surface area contributed by atoms with Crippen molar-refractivity contribution >= 4 is 39.9 Å². The second kappa shape index (κ2) is 14.6. The van der Waals surface area contributed by atoms with Gasteiger partial charge < -0.3 is 9.57 Å². The first-order valence-corrected chi connectivity index (χ1v) is 17.1.